The number of nitrogens with zero attached hydrogens (tertiary/aromatic N) is 5. The zero-order valence-electron chi connectivity index (χ0n) is 28.7. The van der Waals surface area contributed by atoms with Crippen LogP contribution < -0.4 is 20.9 Å². The number of likely N-dealkylation sites (tertiary alicyclic amines) is 1. The van der Waals surface area contributed by atoms with Crippen molar-refractivity contribution in [3.63, 3.8) is 0 Å². The Labute approximate surface area is 299 Å². The number of piperazine rings is 1. The average Bonchev–Trinajstić information content (AvgIpc) is 3.14. The molecule has 0 saturated carbocycles. The Bertz CT molecular complexity index is 2060. The van der Waals surface area contributed by atoms with Crippen LogP contribution in [0.2, 0.25) is 0 Å². The van der Waals surface area contributed by atoms with Crippen LogP contribution in [0.25, 0.3) is 5.69 Å². The smallest absolute Gasteiger partial charge is 0.323 e. The lowest BCUT2D eigenvalue weighted by atomic mass is 9.92. The molecule has 4 aromatic rings. The topological polar surface area (TPSA) is 129 Å². The van der Waals surface area contributed by atoms with Crippen molar-refractivity contribution in [2.45, 2.75) is 38.1 Å². The number of urea groups is 1. The molecule has 2 N–H and O–H groups in total. The third-order valence-electron chi connectivity index (χ3n) is 9.95. The molecule has 12 nitrogen and oxygen atoms in total. The second-order valence-electron chi connectivity index (χ2n) is 13.4. The van der Waals surface area contributed by atoms with E-state index in [1.54, 1.807) is 35.2 Å². The molecular weight excluding hydrogens is 672 g/mol. The Morgan fingerprint density at radius 2 is 1.62 bits per heavy atom. The van der Waals surface area contributed by atoms with Crippen LogP contribution in [0.15, 0.2) is 71.7 Å². The maximum absolute atomic E-state index is 15.3. The lowest BCUT2D eigenvalue weighted by molar-refractivity contribution is 0.0765. The minimum atomic E-state index is -1.02. The molecule has 7 rings (SSSR count). The summed E-state index contributed by atoms with van der Waals surface area (Å²) in [5, 5.41) is 5.05. The van der Waals surface area contributed by atoms with Gasteiger partial charge in [0.1, 0.15) is 17.1 Å². The van der Waals surface area contributed by atoms with Crippen LogP contribution in [-0.4, -0.2) is 94.3 Å². The van der Waals surface area contributed by atoms with Crippen molar-refractivity contribution in [2.24, 2.45) is 0 Å². The van der Waals surface area contributed by atoms with E-state index in [9.17, 15) is 19.2 Å². The van der Waals surface area contributed by atoms with E-state index < -0.39 is 34.5 Å². The van der Waals surface area contributed by atoms with Crippen LogP contribution in [0.3, 0.4) is 0 Å². The minimum absolute atomic E-state index is 0.0920. The molecule has 4 heterocycles. The zero-order valence-corrected chi connectivity index (χ0v) is 28.7. The molecule has 0 atom stereocenters. The van der Waals surface area contributed by atoms with E-state index in [4.69, 9.17) is 4.74 Å². The molecule has 0 unspecified atom stereocenters. The van der Waals surface area contributed by atoms with Gasteiger partial charge in [0, 0.05) is 93.1 Å². The molecule has 0 bridgehead atoms. The van der Waals surface area contributed by atoms with Gasteiger partial charge >= 0.3 is 6.03 Å². The number of hydrogen-bond donors (Lipinski definition) is 2. The van der Waals surface area contributed by atoms with Crippen LogP contribution in [0.1, 0.15) is 52.1 Å². The predicted octanol–water partition coefficient (Wildman–Crippen LogP) is 5.32. The molecule has 2 saturated heterocycles. The monoisotopic (exact) mass is 711 g/mol. The van der Waals surface area contributed by atoms with Gasteiger partial charge in [0.05, 0.1) is 5.69 Å². The Hall–Kier alpha value is -5.47. The lowest BCUT2D eigenvalue weighted by Crippen LogP contribution is -2.53. The summed E-state index contributed by atoms with van der Waals surface area (Å²) in [5.74, 6) is -3.43. The van der Waals surface area contributed by atoms with Gasteiger partial charge in [-0.15, -0.1) is 0 Å². The van der Waals surface area contributed by atoms with Gasteiger partial charge in [-0.2, -0.15) is 0 Å². The van der Waals surface area contributed by atoms with E-state index in [2.05, 4.69) is 32.5 Å². The third-order valence-corrected chi connectivity index (χ3v) is 9.95. The van der Waals surface area contributed by atoms with Crippen molar-refractivity contribution in [1.82, 2.24) is 24.3 Å². The molecule has 2 fully saturated rings. The molecule has 52 heavy (non-hydrogen) atoms. The summed E-state index contributed by atoms with van der Waals surface area (Å²) in [6.45, 7) is 5.37. The third kappa shape index (κ3) is 7.44. The van der Waals surface area contributed by atoms with Crippen molar-refractivity contribution >= 4 is 29.2 Å². The zero-order chi connectivity index (χ0) is 36.4. The number of carbonyl (C=O) groups excluding carboxylic acids is 3. The second kappa shape index (κ2) is 15.0. The van der Waals surface area contributed by atoms with E-state index in [1.165, 1.54) is 29.0 Å². The molecule has 3 aliphatic rings. The molecule has 2 aliphatic heterocycles. The second-order valence-corrected chi connectivity index (χ2v) is 13.4. The maximum atomic E-state index is 15.3. The number of Topliss-reactive ketones (excluding diaryl/α,β-unsaturated/α-hetero) is 1. The highest BCUT2D eigenvalue weighted by atomic mass is 19.1. The van der Waals surface area contributed by atoms with Gasteiger partial charge < -0.3 is 19.9 Å². The predicted molar refractivity (Wildman–Crippen MR) is 191 cm³/mol. The SMILES string of the molecule is CN1CCN(C2CCN(C(=O)Nc3cc(Oc4cc(F)c(NC(=O)c5cc6c(n(-c7ccccc7)c5=O)CCCC6=O)cc4F)ccn3)CC2)CC1. The van der Waals surface area contributed by atoms with Gasteiger partial charge in [-0.25, -0.2) is 18.6 Å². The summed E-state index contributed by atoms with van der Waals surface area (Å²) >= 11 is 0. The van der Waals surface area contributed by atoms with Crippen LogP contribution in [0.5, 0.6) is 11.5 Å². The van der Waals surface area contributed by atoms with E-state index >= 15 is 8.78 Å². The number of anilines is 2. The maximum Gasteiger partial charge on any atom is 0.323 e. The molecule has 2 aromatic heterocycles. The normalized spacial score (nSPS) is 17.1. The quantitative estimate of drug-likeness (QED) is 0.264. The first kappa shape index (κ1) is 35.0. The molecule has 2 aromatic carbocycles. The largest absolute Gasteiger partial charge is 0.454 e. The summed E-state index contributed by atoms with van der Waals surface area (Å²) in [6, 6.07) is 14.3. The van der Waals surface area contributed by atoms with Gasteiger partial charge in [0.25, 0.3) is 11.5 Å². The van der Waals surface area contributed by atoms with Crippen LogP contribution >= 0.6 is 0 Å². The number of amides is 3. The number of piperidine rings is 1. The molecule has 3 amide bonds. The highest BCUT2D eigenvalue weighted by Crippen LogP contribution is 2.31. The molecule has 270 valence electrons. The van der Waals surface area contributed by atoms with E-state index in [-0.39, 0.29) is 40.9 Å². The first-order valence-electron chi connectivity index (χ1n) is 17.4. The number of halogens is 2. The van der Waals surface area contributed by atoms with Crippen molar-refractivity contribution in [2.75, 3.05) is 56.9 Å². The molecular formula is C38H39F2N7O5. The average molecular weight is 712 g/mol. The number of ketones is 1. The van der Waals surface area contributed by atoms with Gasteiger partial charge in [0.15, 0.2) is 23.2 Å². The standard InChI is InChI=1S/C38H39F2N7O5/c1-44-16-18-45(19-17-44)24-11-14-46(15-12-24)38(51)43-35-20-26(10-13-41-35)52-34-23-29(39)31(22-30(34)40)42-36(49)28-21-27-32(8-5-9-33(27)48)47(37(28)50)25-6-3-2-4-7-25/h2-4,6-7,10,13,20-24H,5,8-9,11-12,14-19H2,1H3,(H,42,49)(H,41,43,51). The Morgan fingerprint density at radius 1 is 0.865 bits per heavy atom. The number of nitrogens with one attached hydrogen (secondary N) is 2. The van der Waals surface area contributed by atoms with Crippen LogP contribution in [-0.2, 0) is 6.42 Å². The number of ether oxygens (including phenoxy) is 1. The Morgan fingerprint density at radius 3 is 2.37 bits per heavy atom. The summed E-state index contributed by atoms with van der Waals surface area (Å²) in [7, 11) is 2.13. The van der Waals surface area contributed by atoms with Crippen molar-refractivity contribution in [3.05, 3.63) is 106 Å². The summed E-state index contributed by atoms with van der Waals surface area (Å²) in [5.41, 5.74) is -0.370. The fourth-order valence-electron chi connectivity index (χ4n) is 7.08. The van der Waals surface area contributed by atoms with E-state index in [1.807, 2.05) is 0 Å². The Balaban J connectivity index is 1.02. The van der Waals surface area contributed by atoms with Gasteiger partial charge in [0.2, 0.25) is 0 Å². The number of hydrogen-bond acceptors (Lipinski definition) is 8. The first-order valence-corrected chi connectivity index (χ1v) is 17.4. The number of aromatic nitrogens is 2. The Kier molecular flexibility index (Phi) is 10.1. The van der Waals surface area contributed by atoms with E-state index in [0.717, 1.165) is 51.2 Å². The number of carbonyl (C=O) groups is 3. The van der Waals surface area contributed by atoms with Gasteiger partial charge in [-0.05, 0) is 57.0 Å². The molecule has 0 radical (unpaired) electrons. The fourth-order valence-corrected chi connectivity index (χ4v) is 7.08. The van der Waals surface area contributed by atoms with Gasteiger partial charge in [-0.3, -0.25) is 29.2 Å². The lowest BCUT2D eigenvalue weighted by Gasteiger charge is -2.42. The molecule has 14 heteroatoms. The fraction of sp³-hybridized carbons (Fsp3) is 0.342. The van der Waals surface area contributed by atoms with Crippen molar-refractivity contribution < 1.29 is 27.9 Å². The minimum Gasteiger partial charge on any atom is -0.454 e. The summed E-state index contributed by atoms with van der Waals surface area (Å²) in [4.78, 5) is 63.6. The van der Waals surface area contributed by atoms with Crippen LogP contribution in [0.4, 0.5) is 25.1 Å². The highest BCUT2D eigenvalue weighted by molar-refractivity contribution is 6.07. The number of fused-ring (bicyclic) bond motifs is 1. The number of benzene rings is 2. The number of likely N-dealkylation sites (N-methyl/N-ethyl adjacent to an activating group) is 1. The van der Waals surface area contributed by atoms with Gasteiger partial charge in [-0.1, -0.05) is 18.2 Å². The van der Waals surface area contributed by atoms with Crippen LogP contribution in [0, 0.1) is 11.6 Å². The number of rotatable bonds is 7. The summed E-state index contributed by atoms with van der Waals surface area (Å²) in [6.07, 6.45) is 4.44. The molecule has 1 aliphatic carbocycles. The summed E-state index contributed by atoms with van der Waals surface area (Å²) < 4.78 is 37.6. The molecule has 0 spiro atoms. The van der Waals surface area contributed by atoms with Crippen molar-refractivity contribution in [1.29, 1.82) is 0 Å². The highest BCUT2D eigenvalue weighted by Gasteiger charge is 2.29. The first-order chi connectivity index (χ1) is 25.1. The van der Waals surface area contributed by atoms with E-state index in [0.29, 0.717) is 43.4 Å². The number of para-hydroxylation sites is 1. The van der Waals surface area contributed by atoms with Crippen molar-refractivity contribution in [3.8, 4) is 17.2 Å². The number of pyridine rings is 2.